The predicted molar refractivity (Wildman–Crippen MR) is 104 cm³/mol. The van der Waals surface area contributed by atoms with Crippen molar-refractivity contribution in [3.05, 3.63) is 91.0 Å². The van der Waals surface area contributed by atoms with Crippen LogP contribution in [0.4, 0.5) is 0 Å². The van der Waals surface area contributed by atoms with Crippen molar-refractivity contribution >= 4 is 23.2 Å². The molecular formula is C22H23P. The molecule has 116 valence electrons. The summed E-state index contributed by atoms with van der Waals surface area (Å²) >= 11 is 0. The zero-order valence-electron chi connectivity index (χ0n) is 13.4. The summed E-state index contributed by atoms with van der Waals surface area (Å²) in [5.41, 5.74) is 0. The standard InChI is InChI=1S/C22H23P/c1-4-10-20(11-5-1)23(18-19-16-17-19,21-12-6-2-7-13-21)22-14-8-3-9-15-22/h1-15,19,23H,16-18H2. The zero-order valence-corrected chi connectivity index (χ0v) is 14.4. The molecule has 1 aliphatic rings. The third kappa shape index (κ3) is 2.84. The second-order valence-electron chi connectivity index (χ2n) is 6.65. The van der Waals surface area contributed by atoms with Gasteiger partial charge in [0.15, 0.2) is 0 Å². The molecule has 3 aromatic rings. The van der Waals surface area contributed by atoms with Crippen molar-refractivity contribution in [1.29, 1.82) is 0 Å². The van der Waals surface area contributed by atoms with Gasteiger partial charge in [0.05, 0.1) is 0 Å². The first-order chi connectivity index (χ1) is 11.4. The Morgan fingerprint density at radius 1 is 0.565 bits per heavy atom. The third-order valence-corrected chi connectivity index (χ3v) is 10.2. The second-order valence-corrected chi connectivity index (χ2v) is 10.6. The molecule has 0 heterocycles. The van der Waals surface area contributed by atoms with Crippen LogP contribution in [-0.2, 0) is 0 Å². The molecule has 0 amide bonds. The Hall–Kier alpha value is -1.91. The maximum absolute atomic E-state index is 2.36. The normalized spacial score (nSPS) is 15.3. The summed E-state index contributed by atoms with van der Waals surface area (Å²) in [4.78, 5) is 0. The maximum atomic E-state index is 2.36. The van der Waals surface area contributed by atoms with E-state index in [1.807, 2.05) is 0 Å². The minimum atomic E-state index is -1.92. The van der Waals surface area contributed by atoms with E-state index in [4.69, 9.17) is 0 Å². The van der Waals surface area contributed by atoms with Crippen molar-refractivity contribution < 1.29 is 0 Å². The van der Waals surface area contributed by atoms with E-state index in [1.165, 1.54) is 19.0 Å². The monoisotopic (exact) mass is 318 g/mol. The summed E-state index contributed by atoms with van der Waals surface area (Å²) < 4.78 is 0. The summed E-state index contributed by atoms with van der Waals surface area (Å²) in [6, 6.07) is 33.8. The van der Waals surface area contributed by atoms with Crippen LogP contribution in [0.5, 0.6) is 0 Å². The van der Waals surface area contributed by atoms with Gasteiger partial charge in [0.1, 0.15) is 0 Å². The zero-order chi connectivity index (χ0) is 15.5. The van der Waals surface area contributed by atoms with Gasteiger partial charge in [-0.1, -0.05) is 0 Å². The Morgan fingerprint density at radius 2 is 0.913 bits per heavy atom. The Labute approximate surface area is 139 Å². The molecule has 0 bridgehead atoms. The first-order valence-corrected chi connectivity index (χ1v) is 10.8. The molecule has 3 aromatic carbocycles. The van der Waals surface area contributed by atoms with E-state index in [-0.39, 0.29) is 0 Å². The SMILES string of the molecule is c1ccc([PH](CC2CC2)(c2ccccc2)c2ccccc2)cc1. The molecule has 1 heteroatoms. The van der Waals surface area contributed by atoms with Crippen LogP contribution >= 0.6 is 7.26 Å². The van der Waals surface area contributed by atoms with Gasteiger partial charge in [-0.05, 0) is 0 Å². The van der Waals surface area contributed by atoms with Gasteiger partial charge >= 0.3 is 139 Å². The fourth-order valence-electron chi connectivity index (χ4n) is 3.78. The number of rotatable bonds is 5. The van der Waals surface area contributed by atoms with Gasteiger partial charge in [0, 0.05) is 0 Å². The van der Waals surface area contributed by atoms with Crippen molar-refractivity contribution in [3.8, 4) is 0 Å². The molecule has 0 nitrogen and oxygen atoms in total. The molecule has 0 aromatic heterocycles. The van der Waals surface area contributed by atoms with E-state index < -0.39 is 7.26 Å². The first-order valence-electron chi connectivity index (χ1n) is 8.56. The Bertz CT molecular complexity index is 649. The number of hydrogen-bond donors (Lipinski definition) is 0. The summed E-state index contributed by atoms with van der Waals surface area (Å²) in [5.74, 6) is 0.905. The molecule has 1 fully saturated rings. The Kier molecular flexibility index (Phi) is 4.02. The molecule has 1 saturated carbocycles. The van der Waals surface area contributed by atoms with E-state index in [1.54, 1.807) is 15.9 Å². The molecule has 0 N–H and O–H groups in total. The fraction of sp³-hybridized carbons (Fsp3) is 0.182. The van der Waals surface area contributed by atoms with Crippen LogP contribution in [0.2, 0.25) is 0 Å². The number of hydrogen-bond acceptors (Lipinski definition) is 0. The summed E-state index contributed by atoms with van der Waals surface area (Å²) in [7, 11) is -1.92. The minimum absolute atomic E-state index is 0.905. The van der Waals surface area contributed by atoms with Crippen molar-refractivity contribution in [3.63, 3.8) is 0 Å². The van der Waals surface area contributed by atoms with Crippen LogP contribution in [0.15, 0.2) is 91.0 Å². The molecule has 0 atom stereocenters. The average Bonchev–Trinajstić information content (AvgIpc) is 3.46. The van der Waals surface area contributed by atoms with Gasteiger partial charge < -0.3 is 0 Å². The van der Waals surface area contributed by atoms with Crippen LogP contribution in [-0.4, -0.2) is 6.16 Å². The van der Waals surface area contributed by atoms with Crippen LogP contribution in [0.1, 0.15) is 12.8 Å². The molecule has 0 radical (unpaired) electrons. The van der Waals surface area contributed by atoms with Gasteiger partial charge in [0.2, 0.25) is 0 Å². The van der Waals surface area contributed by atoms with Gasteiger partial charge in [-0.2, -0.15) is 0 Å². The molecule has 0 aliphatic heterocycles. The van der Waals surface area contributed by atoms with Gasteiger partial charge in [-0.3, -0.25) is 0 Å². The molecule has 1 aliphatic carbocycles. The van der Waals surface area contributed by atoms with E-state index >= 15 is 0 Å². The van der Waals surface area contributed by atoms with Crippen molar-refractivity contribution in [2.75, 3.05) is 6.16 Å². The quantitative estimate of drug-likeness (QED) is 0.621. The van der Waals surface area contributed by atoms with Crippen LogP contribution in [0, 0.1) is 5.92 Å². The van der Waals surface area contributed by atoms with Crippen molar-refractivity contribution in [2.45, 2.75) is 12.8 Å². The van der Waals surface area contributed by atoms with E-state index in [2.05, 4.69) is 91.0 Å². The third-order valence-electron chi connectivity index (χ3n) is 5.09. The Balaban J connectivity index is 1.97. The van der Waals surface area contributed by atoms with Crippen LogP contribution < -0.4 is 15.9 Å². The predicted octanol–water partition coefficient (Wildman–Crippen LogP) is 4.12. The number of benzene rings is 3. The van der Waals surface area contributed by atoms with Crippen molar-refractivity contribution in [1.82, 2.24) is 0 Å². The molecule has 0 saturated heterocycles. The first kappa shape index (κ1) is 14.7. The second kappa shape index (κ2) is 6.30. The van der Waals surface area contributed by atoms with Crippen LogP contribution in [0.25, 0.3) is 0 Å². The fourth-order valence-corrected chi connectivity index (χ4v) is 9.04. The molecule has 23 heavy (non-hydrogen) atoms. The topological polar surface area (TPSA) is 0 Å². The summed E-state index contributed by atoms with van der Waals surface area (Å²) in [6.07, 6.45) is 4.15. The summed E-state index contributed by atoms with van der Waals surface area (Å²) in [6.45, 7) is 0. The molecular weight excluding hydrogens is 295 g/mol. The molecule has 4 rings (SSSR count). The van der Waals surface area contributed by atoms with E-state index in [0.717, 1.165) is 5.92 Å². The van der Waals surface area contributed by atoms with Crippen LogP contribution in [0.3, 0.4) is 0 Å². The van der Waals surface area contributed by atoms with E-state index in [0.29, 0.717) is 0 Å². The average molecular weight is 318 g/mol. The van der Waals surface area contributed by atoms with Gasteiger partial charge in [-0.15, -0.1) is 0 Å². The molecule has 0 spiro atoms. The Morgan fingerprint density at radius 3 is 1.22 bits per heavy atom. The molecule has 0 unspecified atom stereocenters. The van der Waals surface area contributed by atoms with Gasteiger partial charge in [-0.25, -0.2) is 0 Å². The van der Waals surface area contributed by atoms with Gasteiger partial charge in [0.25, 0.3) is 0 Å². The van der Waals surface area contributed by atoms with Crippen molar-refractivity contribution in [2.24, 2.45) is 5.92 Å². The van der Waals surface area contributed by atoms with E-state index in [9.17, 15) is 0 Å². The summed E-state index contributed by atoms with van der Waals surface area (Å²) in [5, 5.41) is 4.64.